The average Bonchev–Trinajstić information content (AvgIpc) is 2.80. The van der Waals surface area contributed by atoms with E-state index in [4.69, 9.17) is 4.74 Å². The molecule has 2 heteroatoms. The molecule has 0 unspecified atom stereocenters. The van der Waals surface area contributed by atoms with Crippen LogP contribution >= 0.6 is 0 Å². The molecule has 174 valence electrons. The molecule has 0 N–H and O–H groups in total. The molecule has 3 fully saturated rings. The van der Waals surface area contributed by atoms with E-state index in [1.165, 1.54) is 109 Å². The maximum atomic E-state index is 13.9. The largest absolute Gasteiger partial charge is 0.462 e. The number of esters is 1. The van der Waals surface area contributed by atoms with Gasteiger partial charge in [0.2, 0.25) is 0 Å². The van der Waals surface area contributed by atoms with E-state index in [-0.39, 0.29) is 22.9 Å². The zero-order chi connectivity index (χ0) is 21.3. The lowest BCUT2D eigenvalue weighted by molar-refractivity contribution is -0.181. The molecule has 0 aromatic heterocycles. The molecule has 0 aromatic carbocycles. The van der Waals surface area contributed by atoms with E-state index in [1.54, 1.807) is 0 Å². The summed E-state index contributed by atoms with van der Waals surface area (Å²) < 4.78 is 6.43. The maximum Gasteiger partial charge on any atom is 0.312 e. The number of rotatable bonds is 10. The first kappa shape index (κ1) is 24.1. The summed E-state index contributed by atoms with van der Waals surface area (Å²) in [5.41, 5.74) is 0.0644. The van der Waals surface area contributed by atoms with Crippen molar-refractivity contribution in [3.63, 3.8) is 0 Å². The Labute approximate surface area is 187 Å². The van der Waals surface area contributed by atoms with Gasteiger partial charge in [-0.2, -0.15) is 0 Å². The summed E-state index contributed by atoms with van der Waals surface area (Å²) >= 11 is 0. The highest BCUT2D eigenvalue weighted by atomic mass is 16.5. The summed E-state index contributed by atoms with van der Waals surface area (Å²) in [6.45, 7) is 4.60. The van der Waals surface area contributed by atoms with Crippen LogP contribution in [-0.4, -0.2) is 12.1 Å². The first-order valence-corrected chi connectivity index (χ1v) is 13.9. The lowest BCUT2D eigenvalue weighted by Crippen LogP contribution is -2.52. The van der Waals surface area contributed by atoms with E-state index in [0.29, 0.717) is 0 Å². The molecule has 3 rings (SSSR count). The summed E-state index contributed by atoms with van der Waals surface area (Å²) in [7, 11) is 0. The van der Waals surface area contributed by atoms with E-state index >= 15 is 0 Å². The second-order valence-corrected chi connectivity index (χ2v) is 11.1. The van der Waals surface area contributed by atoms with Gasteiger partial charge in [0.1, 0.15) is 6.10 Å². The number of unbranched alkanes of at least 4 members (excludes halogenated alkanes) is 3. The van der Waals surface area contributed by atoms with E-state index in [1.807, 2.05) is 0 Å². The van der Waals surface area contributed by atoms with Crippen LogP contribution in [0.15, 0.2) is 0 Å². The number of carbonyl (C=O) groups is 1. The topological polar surface area (TPSA) is 26.3 Å². The Bertz CT molecular complexity index is 491. The Morgan fingerprint density at radius 1 is 0.767 bits per heavy atom. The molecule has 3 aliphatic rings. The van der Waals surface area contributed by atoms with Crippen LogP contribution < -0.4 is 0 Å². The summed E-state index contributed by atoms with van der Waals surface area (Å²) in [5.74, 6) is 1.11. The zero-order valence-electron chi connectivity index (χ0n) is 20.3. The highest BCUT2D eigenvalue weighted by molar-refractivity contribution is 5.78. The summed E-state index contributed by atoms with van der Waals surface area (Å²) in [6, 6.07) is 0. The van der Waals surface area contributed by atoms with Crippen LogP contribution in [-0.2, 0) is 9.53 Å². The van der Waals surface area contributed by atoms with Gasteiger partial charge in [-0.3, -0.25) is 4.79 Å². The predicted molar refractivity (Wildman–Crippen MR) is 127 cm³/mol. The number of hydrogen-bond donors (Lipinski definition) is 0. The first-order valence-electron chi connectivity index (χ1n) is 13.9. The van der Waals surface area contributed by atoms with Gasteiger partial charge < -0.3 is 4.74 Å². The molecular formula is C28H50O2. The molecule has 0 radical (unpaired) electrons. The van der Waals surface area contributed by atoms with Crippen LogP contribution in [0.25, 0.3) is 0 Å². The SMILES string of the molecule is CCCCCC1CCC(OC(=O)C2(C3(CCCC)CCCCC3)CCCCC2)CC1. The lowest BCUT2D eigenvalue weighted by Gasteiger charge is -2.53. The van der Waals surface area contributed by atoms with Crippen LogP contribution in [0, 0.1) is 16.7 Å². The molecule has 0 spiro atoms. The van der Waals surface area contributed by atoms with Crippen molar-refractivity contribution in [1.29, 1.82) is 0 Å². The van der Waals surface area contributed by atoms with Crippen LogP contribution in [0.1, 0.15) is 149 Å². The Kier molecular flexibility index (Phi) is 9.58. The Morgan fingerprint density at radius 2 is 1.37 bits per heavy atom. The third-order valence-corrected chi connectivity index (χ3v) is 9.22. The van der Waals surface area contributed by atoms with Gasteiger partial charge in [0.25, 0.3) is 0 Å². The van der Waals surface area contributed by atoms with Gasteiger partial charge in [-0.1, -0.05) is 90.9 Å². The van der Waals surface area contributed by atoms with Crippen molar-refractivity contribution in [2.24, 2.45) is 16.7 Å². The minimum atomic E-state index is -0.168. The third kappa shape index (κ3) is 5.63. The smallest absolute Gasteiger partial charge is 0.312 e. The molecule has 3 aliphatic carbocycles. The minimum Gasteiger partial charge on any atom is -0.462 e. The summed E-state index contributed by atoms with van der Waals surface area (Å²) in [6.07, 6.45) is 26.7. The number of carbonyl (C=O) groups excluding carboxylic acids is 1. The fourth-order valence-corrected chi connectivity index (χ4v) is 7.30. The van der Waals surface area contributed by atoms with Crippen LogP contribution in [0.4, 0.5) is 0 Å². The molecule has 0 aliphatic heterocycles. The fraction of sp³-hybridized carbons (Fsp3) is 0.964. The molecule has 0 atom stereocenters. The quantitative estimate of drug-likeness (QED) is 0.262. The Balaban J connectivity index is 1.65. The van der Waals surface area contributed by atoms with Gasteiger partial charge >= 0.3 is 5.97 Å². The van der Waals surface area contributed by atoms with Crippen molar-refractivity contribution in [3.8, 4) is 0 Å². The lowest BCUT2D eigenvalue weighted by atomic mass is 9.50. The van der Waals surface area contributed by atoms with Crippen molar-refractivity contribution in [2.75, 3.05) is 0 Å². The molecule has 3 saturated carbocycles. The zero-order valence-corrected chi connectivity index (χ0v) is 20.3. The van der Waals surface area contributed by atoms with E-state index < -0.39 is 0 Å². The average molecular weight is 419 g/mol. The second-order valence-electron chi connectivity index (χ2n) is 11.1. The van der Waals surface area contributed by atoms with Gasteiger partial charge in [-0.25, -0.2) is 0 Å². The van der Waals surface area contributed by atoms with Crippen molar-refractivity contribution >= 4 is 5.97 Å². The number of hydrogen-bond acceptors (Lipinski definition) is 2. The van der Waals surface area contributed by atoms with E-state index in [2.05, 4.69) is 13.8 Å². The molecule has 2 nitrogen and oxygen atoms in total. The van der Waals surface area contributed by atoms with Gasteiger partial charge in [0.05, 0.1) is 5.41 Å². The highest BCUT2D eigenvalue weighted by Crippen LogP contribution is 2.60. The summed E-state index contributed by atoms with van der Waals surface area (Å²) in [5, 5.41) is 0. The van der Waals surface area contributed by atoms with E-state index in [0.717, 1.165) is 31.6 Å². The van der Waals surface area contributed by atoms with Gasteiger partial charge in [0.15, 0.2) is 0 Å². The van der Waals surface area contributed by atoms with Gasteiger partial charge in [0, 0.05) is 0 Å². The Morgan fingerprint density at radius 3 is 1.97 bits per heavy atom. The predicted octanol–water partition coefficient (Wildman–Crippen LogP) is 8.76. The third-order valence-electron chi connectivity index (χ3n) is 9.22. The first-order chi connectivity index (χ1) is 14.7. The molecule has 0 saturated heterocycles. The monoisotopic (exact) mass is 418 g/mol. The van der Waals surface area contributed by atoms with Crippen molar-refractivity contribution in [2.45, 2.75) is 155 Å². The molecule has 0 heterocycles. The van der Waals surface area contributed by atoms with Crippen molar-refractivity contribution in [3.05, 3.63) is 0 Å². The molecule has 0 bridgehead atoms. The van der Waals surface area contributed by atoms with Crippen molar-refractivity contribution in [1.82, 2.24) is 0 Å². The highest BCUT2D eigenvalue weighted by Gasteiger charge is 2.56. The second kappa shape index (κ2) is 11.9. The van der Waals surface area contributed by atoms with E-state index in [9.17, 15) is 4.79 Å². The molecule has 0 aromatic rings. The molecular weight excluding hydrogens is 368 g/mol. The fourth-order valence-electron chi connectivity index (χ4n) is 7.30. The van der Waals surface area contributed by atoms with Gasteiger partial charge in [-0.05, 0) is 69.1 Å². The standard InChI is InChI=1S/C28H50O2/c1-3-5-9-14-24-15-17-25(18-16-24)30-26(29)28(22-12-8-13-23-28)27(19-6-4-2)20-10-7-11-21-27/h24-25H,3-23H2,1-2H3. The van der Waals surface area contributed by atoms with Crippen molar-refractivity contribution < 1.29 is 9.53 Å². The van der Waals surface area contributed by atoms with Gasteiger partial charge in [-0.15, -0.1) is 0 Å². The number of ether oxygens (including phenoxy) is 1. The molecule has 30 heavy (non-hydrogen) atoms. The van der Waals surface area contributed by atoms with Crippen LogP contribution in [0.5, 0.6) is 0 Å². The minimum absolute atomic E-state index is 0.168. The van der Waals surface area contributed by atoms with Crippen LogP contribution in [0.2, 0.25) is 0 Å². The molecule has 0 amide bonds. The normalized spacial score (nSPS) is 28.7. The summed E-state index contributed by atoms with van der Waals surface area (Å²) in [4.78, 5) is 13.9. The van der Waals surface area contributed by atoms with Crippen LogP contribution in [0.3, 0.4) is 0 Å². The Hall–Kier alpha value is -0.530. The maximum absolute atomic E-state index is 13.9.